The number of nitrogens with one attached hydrogen (secondary N) is 1. The zero-order chi connectivity index (χ0) is 16.3. The molecule has 0 saturated carbocycles. The lowest BCUT2D eigenvalue weighted by Gasteiger charge is -2.37. The van der Waals surface area contributed by atoms with Crippen LogP contribution in [0, 0.1) is 5.92 Å². The smallest absolute Gasteiger partial charge is 0.261 e. The molecule has 1 unspecified atom stereocenters. The van der Waals surface area contributed by atoms with E-state index in [1.807, 2.05) is 13.8 Å². The number of hydrogen-bond acceptors (Lipinski definition) is 3. The molecule has 1 aliphatic heterocycles. The van der Waals surface area contributed by atoms with Crippen molar-refractivity contribution in [3.05, 3.63) is 28.2 Å². The van der Waals surface area contributed by atoms with E-state index in [2.05, 4.69) is 5.32 Å². The first-order valence-electron chi connectivity index (χ1n) is 7.05. The molecular formula is C15H18Cl2N2O3. The number of rotatable bonds is 4. The zero-order valence-electron chi connectivity index (χ0n) is 12.4. The van der Waals surface area contributed by atoms with Crippen LogP contribution in [-0.4, -0.2) is 42.5 Å². The summed E-state index contributed by atoms with van der Waals surface area (Å²) in [5, 5.41) is 3.57. The van der Waals surface area contributed by atoms with E-state index in [4.69, 9.17) is 27.9 Å². The van der Waals surface area contributed by atoms with Crippen LogP contribution in [0.1, 0.15) is 13.8 Å². The molecule has 1 N–H and O–H groups in total. The molecule has 0 spiro atoms. The first-order valence-corrected chi connectivity index (χ1v) is 7.80. The fourth-order valence-corrected chi connectivity index (χ4v) is 2.71. The van der Waals surface area contributed by atoms with Gasteiger partial charge in [-0.1, -0.05) is 37.0 Å². The molecule has 7 heteroatoms. The molecule has 2 amide bonds. The van der Waals surface area contributed by atoms with Gasteiger partial charge in [-0.15, -0.1) is 0 Å². The van der Waals surface area contributed by atoms with Gasteiger partial charge in [0, 0.05) is 19.2 Å². The highest BCUT2D eigenvalue weighted by atomic mass is 35.5. The summed E-state index contributed by atoms with van der Waals surface area (Å²) in [6, 6.07) is 4.35. The number of ether oxygens (including phenoxy) is 1. The largest absolute Gasteiger partial charge is 0.484 e. The van der Waals surface area contributed by atoms with Crippen molar-refractivity contribution in [3.8, 4) is 5.75 Å². The minimum atomic E-state index is -0.460. The highest BCUT2D eigenvalue weighted by Gasteiger charge is 2.35. The van der Waals surface area contributed by atoms with Crippen LogP contribution in [0.5, 0.6) is 5.75 Å². The molecule has 1 saturated heterocycles. The first-order chi connectivity index (χ1) is 10.4. The van der Waals surface area contributed by atoms with Crippen molar-refractivity contribution in [2.45, 2.75) is 19.9 Å². The molecule has 1 atom stereocenters. The normalized spacial score (nSPS) is 18.3. The van der Waals surface area contributed by atoms with Gasteiger partial charge >= 0.3 is 0 Å². The molecule has 120 valence electrons. The fourth-order valence-electron chi connectivity index (χ4n) is 2.42. The topological polar surface area (TPSA) is 58.6 Å². The maximum atomic E-state index is 12.3. The molecule has 1 aromatic rings. The van der Waals surface area contributed by atoms with Gasteiger partial charge in [-0.05, 0) is 18.1 Å². The summed E-state index contributed by atoms with van der Waals surface area (Å²) in [5.41, 5.74) is 0. The number of halogens is 2. The summed E-state index contributed by atoms with van der Waals surface area (Å²) < 4.78 is 5.45. The Bertz CT molecular complexity index is 578. The predicted octanol–water partition coefficient (Wildman–Crippen LogP) is 2.36. The zero-order valence-corrected chi connectivity index (χ0v) is 13.9. The van der Waals surface area contributed by atoms with E-state index >= 15 is 0 Å². The van der Waals surface area contributed by atoms with Crippen molar-refractivity contribution in [2.24, 2.45) is 5.92 Å². The summed E-state index contributed by atoms with van der Waals surface area (Å²) in [5.74, 6) is 0.156. The van der Waals surface area contributed by atoms with E-state index in [0.29, 0.717) is 28.9 Å². The summed E-state index contributed by atoms with van der Waals surface area (Å²) in [4.78, 5) is 25.8. The number of amides is 2. The first kappa shape index (κ1) is 16.9. The number of carbonyl (C=O) groups excluding carboxylic acids is 2. The maximum Gasteiger partial charge on any atom is 0.261 e. The molecule has 1 heterocycles. The van der Waals surface area contributed by atoms with Gasteiger partial charge in [-0.3, -0.25) is 9.59 Å². The van der Waals surface area contributed by atoms with Gasteiger partial charge in [0.25, 0.3) is 5.91 Å². The van der Waals surface area contributed by atoms with Crippen molar-refractivity contribution in [3.63, 3.8) is 0 Å². The van der Waals surface area contributed by atoms with Crippen LogP contribution in [0.15, 0.2) is 18.2 Å². The van der Waals surface area contributed by atoms with Crippen LogP contribution >= 0.6 is 23.2 Å². The third kappa shape index (κ3) is 3.84. The van der Waals surface area contributed by atoms with Gasteiger partial charge in [0.1, 0.15) is 11.8 Å². The fraction of sp³-hybridized carbons (Fsp3) is 0.467. The molecule has 1 aromatic carbocycles. The van der Waals surface area contributed by atoms with Crippen LogP contribution in [0.25, 0.3) is 0 Å². The average Bonchev–Trinajstić information content (AvgIpc) is 2.47. The maximum absolute atomic E-state index is 12.3. The van der Waals surface area contributed by atoms with Gasteiger partial charge in [-0.25, -0.2) is 0 Å². The van der Waals surface area contributed by atoms with Crippen molar-refractivity contribution in [1.82, 2.24) is 10.2 Å². The Morgan fingerprint density at radius 3 is 2.77 bits per heavy atom. The van der Waals surface area contributed by atoms with E-state index in [1.54, 1.807) is 23.1 Å². The summed E-state index contributed by atoms with van der Waals surface area (Å²) in [6.45, 7) is 4.62. The Kier molecular flexibility index (Phi) is 5.53. The minimum Gasteiger partial charge on any atom is -0.484 e. The summed E-state index contributed by atoms with van der Waals surface area (Å²) in [6.07, 6.45) is 0. The Morgan fingerprint density at radius 2 is 2.14 bits per heavy atom. The standard InChI is InChI=1S/C15H18Cl2N2O3/c1-9(2)14-15(21)18-5-6-19(14)13(20)8-22-10-3-4-11(16)12(17)7-10/h3-4,7,9,14H,5-6,8H2,1-2H3,(H,18,21). The Balaban J connectivity index is 2.01. The third-order valence-electron chi connectivity index (χ3n) is 3.46. The number of hydrogen-bond donors (Lipinski definition) is 1. The Labute approximate surface area is 139 Å². The molecule has 0 bridgehead atoms. The lowest BCUT2D eigenvalue weighted by Crippen LogP contribution is -2.60. The van der Waals surface area contributed by atoms with Gasteiger partial charge in [-0.2, -0.15) is 0 Å². The van der Waals surface area contributed by atoms with Crippen molar-refractivity contribution >= 4 is 35.0 Å². The number of nitrogens with zero attached hydrogens (tertiary/aromatic N) is 1. The summed E-state index contributed by atoms with van der Waals surface area (Å²) in [7, 11) is 0. The second-order valence-corrected chi connectivity index (χ2v) is 6.25. The van der Waals surface area contributed by atoms with Gasteiger partial charge in [0.2, 0.25) is 5.91 Å². The van der Waals surface area contributed by atoms with Crippen molar-refractivity contribution < 1.29 is 14.3 Å². The number of carbonyl (C=O) groups is 2. The number of benzene rings is 1. The highest BCUT2D eigenvalue weighted by molar-refractivity contribution is 6.42. The van der Waals surface area contributed by atoms with Crippen LogP contribution in [0.3, 0.4) is 0 Å². The molecule has 0 aromatic heterocycles. The van der Waals surface area contributed by atoms with E-state index in [0.717, 1.165) is 0 Å². The van der Waals surface area contributed by atoms with E-state index < -0.39 is 6.04 Å². The van der Waals surface area contributed by atoms with Crippen LogP contribution < -0.4 is 10.1 Å². The average molecular weight is 345 g/mol. The monoisotopic (exact) mass is 344 g/mol. The van der Waals surface area contributed by atoms with Crippen LogP contribution in [0.2, 0.25) is 10.0 Å². The van der Waals surface area contributed by atoms with E-state index in [9.17, 15) is 9.59 Å². The third-order valence-corrected chi connectivity index (χ3v) is 4.20. The van der Waals surface area contributed by atoms with Gasteiger partial charge in [0.05, 0.1) is 10.0 Å². The molecule has 5 nitrogen and oxygen atoms in total. The van der Waals surface area contributed by atoms with Crippen LogP contribution in [-0.2, 0) is 9.59 Å². The van der Waals surface area contributed by atoms with Gasteiger partial charge in [0.15, 0.2) is 6.61 Å². The molecule has 2 rings (SSSR count). The molecular weight excluding hydrogens is 327 g/mol. The molecule has 22 heavy (non-hydrogen) atoms. The predicted molar refractivity (Wildman–Crippen MR) is 85.3 cm³/mol. The minimum absolute atomic E-state index is 0.0363. The Hall–Kier alpha value is -1.46. The molecule has 1 fully saturated rings. The SMILES string of the molecule is CC(C)C1C(=O)NCCN1C(=O)COc1ccc(Cl)c(Cl)c1. The number of piperazine rings is 1. The highest BCUT2D eigenvalue weighted by Crippen LogP contribution is 2.26. The van der Waals surface area contributed by atoms with Gasteiger partial charge < -0.3 is 15.0 Å². The second-order valence-electron chi connectivity index (χ2n) is 5.43. The van der Waals surface area contributed by atoms with Crippen molar-refractivity contribution in [1.29, 1.82) is 0 Å². The Morgan fingerprint density at radius 1 is 1.41 bits per heavy atom. The molecule has 1 aliphatic rings. The quantitative estimate of drug-likeness (QED) is 0.911. The van der Waals surface area contributed by atoms with Crippen molar-refractivity contribution in [2.75, 3.05) is 19.7 Å². The lowest BCUT2D eigenvalue weighted by molar-refractivity contribution is -0.146. The molecule has 0 aliphatic carbocycles. The lowest BCUT2D eigenvalue weighted by atomic mass is 9.99. The van der Waals surface area contributed by atoms with E-state index in [1.165, 1.54) is 0 Å². The molecule has 0 radical (unpaired) electrons. The van der Waals surface area contributed by atoms with Crippen LogP contribution in [0.4, 0.5) is 0 Å². The van der Waals surface area contributed by atoms with E-state index in [-0.39, 0.29) is 24.3 Å². The second kappa shape index (κ2) is 7.20. The summed E-state index contributed by atoms with van der Waals surface area (Å²) >= 11 is 11.7.